The van der Waals surface area contributed by atoms with Gasteiger partial charge in [0.05, 0.1) is 6.61 Å². The number of aromatic nitrogens is 1. The molecule has 1 saturated carbocycles. The van der Waals surface area contributed by atoms with Crippen LogP contribution in [0.3, 0.4) is 0 Å². The Morgan fingerprint density at radius 1 is 1.31 bits per heavy atom. The van der Waals surface area contributed by atoms with Crippen molar-refractivity contribution in [2.45, 2.75) is 45.8 Å². The SMILES string of the molecule is CC.N#Cc1ccc(Nc2ccc3c(c2)COB3O)nc1OC1CCC1. The molecule has 2 N–H and O–H groups in total. The van der Waals surface area contributed by atoms with E-state index in [2.05, 4.69) is 16.4 Å². The number of fused-ring (bicyclic) bond motifs is 1. The predicted octanol–water partition coefficient (Wildman–Crippen LogP) is 2.87. The molecule has 7 heteroatoms. The lowest BCUT2D eigenvalue weighted by atomic mass is 9.79. The Hall–Kier alpha value is -2.56. The number of anilines is 2. The largest absolute Gasteiger partial charge is 0.491 e. The molecule has 0 bridgehead atoms. The summed E-state index contributed by atoms with van der Waals surface area (Å²) in [7, 11) is -0.843. The molecule has 2 aliphatic rings. The van der Waals surface area contributed by atoms with E-state index in [1.807, 2.05) is 32.0 Å². The van der Waals surface area contributed by atoms with Crippen molar-refractivity contribution in [1.82, 2.24) is 4.98 Å². The highest BCUT2D eigenvalue weighted by atomic mass is 16.5. The minimum atomic E-state index is -0.843. The fraction of sp³-hybridized carbons (Fsp3) is 0.368. The second-order valence-electron chi connectivity index (χ2n) is 6.03. The Bertz CT molecular complexity index is 818. The van der Waals surface area contributed by atoms with Crippen molar-refractivity contribution in [3.05, 3.63) is 41.5 Å². The molecular weight excluding hydrogens is 329 g/mol. The molecule has 4 rings (SSSR count). The van der Waals surface area contributed by atoms with E-state index in [9.17, 15) is 10.3 Å². The fourth-order valence-electron chi connectivity index (χ4n) is 2.79. The maximum absolute atomic E-state index is 9.67. The van der Waals surface area contributed by atoms with Gasteiger partial charge in [-0.1, -0.05) is 19.9 Å². The normalized spacial score (nSPS) is 15.2. The van der Waals surface area contributed by atoms with Crippen molar-refractivity contribution in [2.75, 3.05) is 5.32 Å². The molecular formula is C19H22BN3O3. The van der Waals surface area contributed by atoms with Crippen molar-refractivity contribution < 1.29 is 14.4 Å². The van der Waals surface area contributed by atoms with E-state index >= 15 is 0 Å². The topological polar surface area (TPSA) is 87.4 Å². The third kappa shape index (κ3) is 3.82. The Kier molecular flexibility index (Phi) is 5.76. The van der Waals surface area contributed by atoms with E-state index in [0.29, 0.717) is 23.9 Å². The number of hydrogen-bond acceptors (Lipinski definition) is 6. The van der Waals surface area contributed by atoms with Crippen LogP contribution in [0.25, 0.3) is 0 Å². The summed E-state index contributed by atoms with van der Waals surface area (Å²) >= 11 is 0. The third-order valence-corrected chi connectivity index (χ3v) is 4.39. The zero-order valence-electron chi connectivity index (χ0n) is 15.0. The number of nitrogens with zero attached hydrogens (tertiary/aromatic N) is 2. The van der Waals surface area contributed by atoms with Crippen LogP contribution >= 0.6 is 0 Å². The second kappa shape index (κ2) is 8.22. The summed E-state index contributed by atoms with van der Waals surface area (Å²) in [5, 5.41) is 22.1. The van der Waals surface area contributed by atoms with E-state index in [1.165, 1.54) is 0 Å². The van der Waals surface area contributed by atoms with Gasteiger partial charge in [0.2, 0.25) is 5.88 Å². The first kappa shape index (κ1) is 18.2. The molecule has 2 heterocycles. The predicted molar refractivity (Wildman–Crippen MR) is 101 cm³/mol. The first-order chi connectivity index (χ1) is 12.7. The van der Waals surface area contributed by atoms with E-state index in [0.717, 1.165) is 36.0 Å². The van der Waals surface area contributed by atoms with E-state index in [1.54, 1.807) is 12.1 Å². The molecule has 0 radical (unpaired) electrons. The Morgan fingerprint density at radius 3 is 2.81 bits per heavy atom. The average Bonchev–Trinajstić information content (AvgIpc) is 3.00. The van der Waals surface area contributed by atoms with Gasteiger partial charge in [-0.05, 0) is 54.6 Å². The average molecular weight is 351 g/mol. The molecule has 0 atom stereocenters. The van der Waals surface area contributed by atoms with Crippen LogP contribution in [0, 0.1) is 11.3 Å². The number of pyridine rings is 1. The summed E-state index contributed by atoms with van der Waals surface area (Å²) in [5.41, 5.74) is 3.03. The van der Waals surface area contributed by atoms with Gasteiger partial charge in [-0.15, -0.1) is 0 Å². The summed E-state index contributed by atoms with van der Waals surface area (Å²) in [4.78, 5) is 4.43. The molecule has 26 heavy (non-hydrogen) atoms. The standard InChI is InChI=1S/C17H16BN3O3.C2H6/c19-9-11-4-7-16(21-17(11)24-14-2-1-3-14)20-13-5-6-15-12(8-13)10-23-18(15)22;1-2/h4-8,14,22H,1-3,10H2,(H,20,21);1-2H3. The zero-order valence-corrected chi connectivity index (χ0v) is 15.0. The lowest BCUT2D eigenvalue weighted by Gasteiger charge is -2.26. The summed E-state index contributed by atoms with van der Waals surface area (Å²) in [6.45, 7) is 4.39. The minimum absolute atomic E-state index is 0.165. The van der Waals surface area contributed by atoms with Gasteiger partial charge >= 0.3 is 7.12 Å². The number of nitrogens with one attached hydrogen (secondary N) is 1. The maximum atomic E-state index is 9.67. The summed E-state index contributed by atoms with van der Waals surface area (Å²) in [5.74, 6) is 0.995. The second-order valence-corrected chi connectivity index (χ2v) is 6.03. The van der Waals surface area contributed by atoms with Gasteiger partial charge in [-0.25, -0.2) is 0 Å². The number of benzene rings is 1. The maximum Gasteiger partial charge on any atom is 0.491 e. The van der Waals surface area contributed by atoms with Crippen LogP contribution in [0.15, 0.2) is 30.3 Å². The Balaban J connectivity index is 0.000000948. The van der Waals surface area contributed by atoms with Crippen molar-refractivity contribution in [3.63, 3.8) is 0 Å². The van der Waals surface area contributed by atoms with Gasteiger partial charge in [0.25, 0.3) is 0 Å². The van der Waals surface area contributed by atoms with Crippen molar-refractivity contribution in [2.24, 2.45) is 0 Å². The monoisotopic (exact) mass is 351 g/mol. The van der Waals surface area contributed by atoms with Crippen molar-refractivity contribution >= 4 is 24.1 Å². The quantitative estimate of drug-likeness (QED) is 0.824. The molecule has 0 saturated heterocycles. The number of rotatable bonds is 4. The fourth-order valence-corrected chi connectivity index (χ4v) is 2.79. The molecule has 1 aromatic carbocycles. The summed E-state index contributed by atoms with van der Waals surface area (Å²) in [6.07, 6.45) is 3.35. The molecule has 0 spiro atoms. The highest BCUT2D eigenvalue weighted by Crippen LogP contribution is 2.28. The molecule has 134 valence electrons. The summed E-state index contributed by atoms with van der Waals surface area (Å²) < 4.78 is 11.0. The minimum Gasteiger partial charge on any atom is -0.473 e. The van der Waals surface area contributed by atoms with Crippen molar-refractivity contribution in [1.29, 1.82) is 5.26 Å². The molecule has 0 unspecified atom stereocenters. The van der Waals surface area contributed by atoms with Gasteiger partial charge < -0.3 is 19.7 Å². The lowest BCUT2D eigenvalue weighted by Crippen LogP contribution is -2.27. The molecule has 6 nitrogen and oxygen atoms in total. The smallest absolute Gasteiger partial charge is 0.473 e. The highest BCUT2D eigenvalue weighted by molar-refractivity contribution is 6.61. The van der Waals surface area contributed by atoms with Crippen LogP contribution in [0.4, 0.5) is 11.5 Å². The number of hydrogen-bond donors (Lipinski definition) is 2. The molecule has 0 amide bonds. The van der Waals surface area contributed by atoms with Gasteiger partial charge in [-0.3, -0.25) is 0 Å². The lowest BCUT2D eigenvalue weighted by molar-refractivity contribution is 0.114. The first-order valence-electron chi connectivity index (χ1n) is 9.00. The molecule has 1 aliphatic carbocycles. The van der Waals surface area contributed by atoms with E-state index in [4.69, 9.17) is 9.39 Å². The highest BCUT2D eigenvalue weighted by Gasteiger charge is 2.27. The molecule has 1 aliphatic heterocycles. The van der Waals surface area contributed by atoms with Crippen LogP contribution in [0.5, 0.6) is 5.88 Å². The van der Waals surface area contributed by atoms with Crippen LogP contribution in [0.2, 0.25) is 0 Å². The Labute approximate surface area is 153 Å². The summed E-state index contributed by atoms with van der Waals surface area (Å²) in [6, 6.07) is 11.2. The van der Waals surface area contributed by atoms with Gasteiger partial charge in [-0.2, -0.15) is 10.2 Å². The van der Waals surface area contributed by atoms with Crippen LogP contribution < -0.4 is 15.5 Å². The van der Waals surface area contributed by atoms with E-state index in [-0.39, 0.29) is 6.10 Å². The first-order valence-corrected chi connectivity index (χ1v) is 9.00. The molecule has 1 fully saturated rings. The zero-order chi connectivity index (χ0) is 18.5. The van der Waals surface area contributed by atoms with Crippen LogP contribution in [-0.2, 0) is 11.3 Å². The van der Waals surface area contributed by atoms with Crippen LogP contribution in [-0.4, -0.2) is 23.2 Å². The van der Waals surface area contributed by atoms with Gasteiger partial charge in [0.1, 0.15) is 23.6 Å². The molecule has 1 aromatic heterocycles. The van der Waals surface area contributed by atoms with Gasteiger partial charge in [0.15, 0.2) is 0 Å². The third-order valence-electron chi connectivity index (χ3n) is 4.39. The Morgan fingerprint density at radius 2 is 2.12 bits per heavy atom. The van der Waals surface area contributed by atoms with E-state index < -0.39 is 7.12 Å². The van der Waals surface area contributed by atoms with Crippen molar-refractivity contribution in [3.8, 4) is 11.9 Å². The van der Waals surface area contributed by atoms with Gasteiger partial charge in [0, 0.05) is 5.69 Å². The molecule has 2 aromatic rings. The number of nitriles is 1. The van der Waals surface area contributed by atoms with Crippen LogP contribution in [0.1, 0.15) is 44.2 Å². The number of ether oxygens (including phenoxy) is 1.